The van der Waals surface area contributed by atoms with Crippen LogP contribution >= 0.6 is 0 Å². The molecule has 1 fully saturated rings. The first kappa shape index (κ1) is 22.8. The molecule has 0 aromatic heterocycles. The average molecular weight is 370 g/mol. The van der Waals surface area contributed by atoms with E-state index in [2.05, 4.69) is 6.92 Å². The highest BCUT2D eigenvalue weighted by molar-refractivity contribution is 5.66. The summed E-state index contributed by atoms with van der Waals surface area (Å²) in [4.78, 5) is 10.4. The number of ether oxygens (including phenoxy) is 1. The molecule has 1 saturated heterocycles. The number of allylic oxidation sites excluding steroid dienone is 1. The maximum atomic E-state index is 10.4. The minimum atomic E-state index is -0.804. The van der Waals surface area contributed by atoms with Crippen LogP contribution in [0.25, 0.3) is 0 Å². The van der Waals surface area contributed by atoms with Gasteiger partial charge in [-0.05, 0) is 25.7 Å². The van der Waals surface area contributed by atoms with Gasteiger partial charge in [0.15, 0.2) is 0 Å². The summed E-state index contributed by atoms with van der Waals surface area (Å²) in [6.45, 7) is 2.11. The van der Waals surface area contributed by atoms with Gasteiger partial charge in [-0.3, -0.25) is 4.79 Å². The first-order chi connectivity index (χ1) is 12.4. The quantitative estimate of drug-likeness (QED) is 0.293. The van der Waals surface area contributed by atoms with Crippen LogP contribution < -0.4 is 0 Å². The molecule has 0 unspecified atom stereocenters. The van der Waals surface area contributed by atoms with Gasteiger partial charge in [0, 0.05) is 12.8 Å². The van der Waals surface area contributed by atoms with E-state index in [0.717, 1.165) is 19.3 Å². The van der Waals surface area contributed by atoms with Crippen LogP contribution in [0, 0.1) is 0 Å². The summed E-state index contributed by atoms with van der Waals surface area (Å²) < 4.78 is 5.71. The predicted molar refractivity (Wildman–Crippen MR) is 99.8 cm³/mol. The van der Waals surface area contributed by atoms with Gasteiger partial charge in [-0.2, -0.15) is 0 Å². The van der Waals surface area contributed by atoms with Crippen molar-refractivity contribution in [3.63, 3.8) is 0 Å². The van der Waals surface area contributed by atoms with E-state index < -0.39 is 36.5 Å². The molecule has 4 N–H and O–H groups in total. The van der Waals surface area contributed by atoms with Crippen LogP contribution in [-0.2, 0) is 9.53 Å². The number of aliphatic carboxylic acids is 1. The zero-order chi connectivity index (χ0) is 19.4. The number of aliphatic hydroxyl groups excluding tert-OH is 3. The normalized spacial score (nSPS) is 25.9. The summed E-state index contributed by atoms with van der Waals surface area (Å²) in [5.41, 5.74) is 0. The van der Waals surface area contributed by atoms with Crippen molar-refractivity contribution in [1.29, 1.82) is 0 Å². The van der Waals surface area contributed by atoms with E-state index in [-0.39, 0.29) is 6.42 Å². The number of carboxylic acid groups (broad SMARTS) is 1. The number of rotatable bonds is 13. The highest BCUT2D eigenvalue weighted by Crippen LogP contribution is 2.25. The van der Waals surface area contributed by atoms with E-state index in [9.17, 15) is 20.1 Å². The molecule has 1 rings (SSSR count). The molecule has 6 heteroatoms. The van der Waals surface area contributed by atoms with Gasteiger partial charge < -0.3 is 25.2 Å². The maximum absolute atomic E-state index is 10.4. The fourth-order valence-electron chi connectivity index (χ4n) is 2.96. The second-order valence-corrected chi connectivity index (χ2v) is 6.95. The molecule has 0 spiro atoms. The molecule has 0 radical (unpaired) electrons. The highest BCUT2D eigenvalue weighted by Gasteiger charge is 2.35. The number of carboxylic acids is 1. The molecule has 0 aliphatic carbocycles. The Balaban J connectivity index is 2.30. The number of hydrogen-bond donors (Lipinski definition) is 4. The molecule has 0 aromatic carbocycles. The first-order valence-electron chi connectivity index (χ1n) is 9.68. The van der Waals surface area contributed by atoms with Gasteiger partial charge in [-0.1, -0.05) is 50.5 Å². The van der Waals surface area contributed by atoms with E-state index >= 15 is 0 Å². The van der Waals surface area contributed by atoms with Crippen LogP contribution in [0.3, 0.4) is 0 Å². The Morgan fingerprint density at radius 3 is 2.69 bits per heavy atom. The van der Waals surface area contributed by atoms with E-state index in [1.54, 1.807) is 12.2 Å². The number of unbranched alkanes of at least 4 members (excludes halogenated alkanes) is 3. The van der Waals surface area contributed by atoms with Crippen molar-refractivity contribution in [2.75, 3.05) is 0 Å². The number of aliphatic hydroxyl groups is 3. The third-order valence-electron chi connectivity index (χ3n) is 4.55. The zero-order valence-electron chi connectivity index (χ0n) is 15.7. The summed E-state index contributed by atoms with van der Waals surface area (Å²) in [5, 5.41) is 38.7. The largest absolute Gasteiger partial charge is 0.481 e. The maximum Gasteiger partial charge on any atom is 0.303 e. The standard InChI is InChI=1S/C20H34O6/c1-2-3-6-9-15(21)12-13-18-17(23)14-19(26-18)16(22)10-7-4-5-8-11-20(24)25/h4,7,12-13,15-19,21-23H,2-3,5-6,8-11,14H2,1H3,(H,24,25)/b7-4-,13-12+/t15-,16-,17-,18-,19-/m1/s1. The minimum absolute atomic E-state index is 0.142. The Bertz CT molecular complexity index is 448. The van der Waals surface area contributed by atoms with E-state index in [0.29, 0.717) is 32.1 Å². The van der Waals surface area contributed by atoms with Crippen molar-refractivity contribution >= 4 is 5.97 Å². The van der Waals surface area contributed by atoms with Crippen LogP contribution in [0.5, 0.6) is 0 Å². The van der Waals surface area contributed by atoms with Crippen molar-refractivity contribution in [3.05, 3.63) is 24.3 Å². The van der Waals surface area contributed by atoms with Crippen LogP contribution in [0.2, 0.25) is 0 Å². The van der Waals surface area contributed by atoms with Gasteiger partial charge in [0.2, 0.25) is 0 Å². The molecule has 1 aliphatic rings. The third kappa shape index (κ3) is 9.48. The fourth-order valence-corrected chi connectivity index (χ4v) is 2.96. The molecule has 26 heavy (non-hydrogen) atoms. The molecule has 6 nitrogen and oxygen atoms in total. The Labute approximate surface area is 156 Å². The van der Waals surface area contributed by atoms with Gasteiger partial charge in [0.25, 0.3) is 0 Å². The van der Waals surface area contributed by atoms with E-state index in [1.165, 1.54) is 0 Å². The van der Waals surface area contributed by atoms with E-state index in [4.69, 9.17) is 9.84 Å². The zero-order valence-corrected chi connectivity index (χ0v) is 15.7. The van der Waals surface area contributed by atoms with Gasteiger partial charge in [-0.25, -0.2) is 0 Å². The highest BCUT2D eigenvalue weighted by atomic mass is 16.5. The molecule has 5 atom stereocenters. The van der Waals surface area contributed by atoms with Crippen molar-refractivity contribution in [2.45, 2.75) is 95.2 Å². The Morgan fingerprint density at radius 1 is 1.23 bits per heavy atom. The molecular weight excluding hydrogens is 336 g/mol. The topological polar surface area (TPSA) is 107 Å². The molecule has 0 aromatic rings. The van der Waals surface area contributed by atoms with Crippen molar-refractivity contribution in [3.8, 4) is 0 Å². The van der Waals surface area contributed by atoms with Crippen molar-refractivity contribution < 1.29 is 30.0 Å². The second kappa shape index (κ2) is 13.0. The van der Waals surface area contributed by atoms with Crippen LogP contribution in [0.4, 0.5) is 0 Å². The molecule has 0 saturated carbocycles. The predicted octanol–water partition coefficient (Wildman–Crippen LogP) is 2.56. The number of carbonyl (C=O) groups is 1. The average Bonchev–Trinajstić information content (AvgIpc) is 2.97. The lowest BCUT2D eigenvalue weighted by atomic mass is 10.0. The van der Waals surface area contributed by atoms with Crippen LogP contribution in [0.1, 0.15) is 64.7 Å². The molecule has 1 aliphatic heterocycles. The monoisotopic (exact) mass is 370 g/mol. The summed E-state index contributed by atoms with van der Waals surface area (Å²) in [7, 11) is 0. The molecule has 1 heterocycles. The molecule has 150 valence electrons. The Morgan fingerprint density at radius 2 is 2.00 bits per heavy atom. The molecule has 0 amide bonds. The second-order valence-electron chi connectivity index (χ2n) is 6.95. The smallest absolute Gasteiger partial charge is 0.303 e. The summed E-state index contributed by atoms with van der Waals surface area (Å²) in [6.07, 6.45) is 10.2. The Kier molecular flexibility index (Phi) is 11.4. The first-order valence-corrected chi connectivity index (χ1v) is 9.68. The summed E-state index contributed by atoms with van der Waals surface area (Å²) in [6, 6.07) is 0. The van der Waals surface area contributed by atoms with Crippen LogP contribution in [0.15, 0.2) is 24.3 Å². The van der Waals surface area contributed by atoms with Crippen molar-refractivity contribution in [1.82, 2.24) is 0 Å². The van der Waals surface area contributed by atoms with E-state index in [1.807, 2.05) is 12.2 Å². The summed E-state index contributed by atoms with van der Waals surface area (Å²) in [5.74, 6) is -0.804. The summed E-state index contributed by atoms with van der Waals surface area (Å²) >= 11 is 0. The lowest BCUT2D eigenvalue weighted by Crippen LogP contribution is -2.25. The lowest BCUT2D eigenvalue weighted by Gasteiger charge is -2.16. The van der Waals surface area contributed by atoms with Gasteiger partial charge in [0.05, 0.1) is 24.4 Å². The third-order valence-corrected chi connectivity index (χ3v) is 4.55. The molecular formula is C20H34O6. The minimum Gasteiger partial charge on any atom is -0.481 e. The van der Waals surface area contributed by atoms with Gasteiger partial charge >= 0.3 is 5.97 Å². The molecule has 0 bridgehead atoms. The lowest BCUT2D eigenvalue weighted by molar-refractivity contribution is -0.137. The van der Waals surface area contributed by atoms with Gasteiger partial charge in [0.1, 0.15) is 6.10 Å². The Hall–Kier alpha value is -1.21. The fraction of sp³-hybridized carbons (Fsp3) is 0.750. The van der Waals surface area contributed by atoms with Gasteiger partial charge in [-0.15, -0.1) is 0 Å². The van der Waals surface area contributed by atoms with Crippen molar-refractivity contribution in [2.24, 2.45) is 0 Å². The number of hydrogen-bond acceptors (Lipinski definition) is 5. The van der Waals surface area contributed by atoms with Crippen LogP contribution in [-0.4, -0.2) is 56.9 Å². The SMILES string of the molecule is CCCCC[C@@H](O)/C=C/[C@H]1O[C@@H]([C@H](O)C/C=C\CCCC(=O)O)C[C@H]1O.